The molecule has 2 fully saturated rings. The van der Waals surface area contributed by atoms with Gasteiger partial charge in [0.2, 0.25) is 0 Å². The summed E-state index contributed by atoms with van der Waals surface area (Å²) in [5.74, 6) is 1.08. The summed E-state index contributed by atoms with van der Waals surface area (Å²) in [7, 11) is 0. The van der Waals surface area contributed by atoms with E-state index in [-0.39, 0.29) is 35.6 Å². The largest absolute Gasteiger partial charge is 0.393 e. The Balaban J connectivity index is 0.00000200. The zero-order valence-corrected chi connectivity index (χ0v) is 15.4. The van der Waals surface area contributed by atoms with E-state index in [4.69, 9.17) is 0 Å². The Morgan fingerprint density at radius 1 is 1.30 bits per heavy atom. The van der Waals surface area contributed by atoms with Crippen LogP contribution in [0.4, 0.5) is 0 Å². The fourth-order valence-corrected chi connectivity index (χ4v) is 3.26. The van der Waals surface area contributed by atoms with Crippen molar-refractivity contribution < 1.29 is 5.11 Å². The smallest absolute Gasteiger partial charge is 0.194 e. The first-order chi connectivity index (χ1) is 9.03. The Kier molecular flexibility index (Phi) is 7.04. The highest BCUT2D eigenvalue weighted by Gasteiger charge is 2.35. The number of nitrogens with one attached hydrogen (secondary N) is 1. The molecule has 2 N–H and O–H groups in total. The van der Waals surface area contributed by atoms with Gasteiger partial charge >= 0.3 is 0 Å². The molecule has 1 aliphatic heterocycles. The van der Waals surface area contributed by atoms with Gasteiger partial charge in [-0.2, -0.15) is 0 Å². The molecule has 0 aromatic heterocycles. The van der Waals surface area contributed by atoms with Gasteiger partial charge in [0.05, 0.1) is 6.10 Å². The fraction of sp³-hybridized carbons (Fsp3) is 0.933. The lowest BCUT2D eigenvalue weighted by Crippen LogP contribution is -2.52. The monoisotopic (exact) mass is 395 g/mol. The standard InChI is InChI=1S/C15H29N3O.HI/c1-4-16-14(18-11-5-10-15(18,2)3)17-12-6-8-13(19)9-7-12;/h12-13,19H,4-11H2,1-3H3,(H,16,17);1H. The first-order valence-corrected chi connectivity index (χ1v) is 7.79. The van der Waals surface area contributed by atoms with E-state index in [1.54, 1.807) is 0 Å². The van der Waals surface area contributed by atoms with Gasteiger partial charge in [-0.3, -0.25) is 4.99 Å². The number of likely N-dealkylation sites (tertiary alicyclic amines) is 1. The van der Waals surface area contributed by atoms with Crippen LogP contribution >= 0.6 is 24.0 Å². The quantitative estimate of drug-likeness (QED) is 0.430. The molecule has 0 amide bonds. The van der Waals surface area contributed by atoms with Crippen molar-refractivity contribution >= 4 is 29.9 Å². The van der Waals surface area contributed by atoms with Gasteiger partial charge in [0.1, 0.15) is 0 Å². The number of aliphatic hydroxyl groups excluding tert-OH is 1. The van der Waals surface area contributed by atoms with Gasteiger partial charge in [0, 0.05) is 24.7 Å². The molecule has 0 unspecified atom stereocenters. The summed E-state index contributed by atoms with van der Waals surface area (Å²) in [6, 6.07) is 0.477. The van der Waals surface area contributed by atoms with Crippen molar-refractivity contribution in [2.75, 3.05) is 13.1 Å². The maximum atomic E-state index is 9.59. The molecule has 0 aromatic carbocycles. The third-order valence-electron chi connectivity index (χ3n) is 4.49. The Morgan fingerprint density at radius 3 is 2.45 bits per heavy atom. The molecule has 20 heavy (non-hydrogen) atoms. The van der Waals surface area contributed by atoms with Gasteiger partial charge in [0.25, 0.3) is 0 Å². The number of hydrogen-bond acceptors (Lipinski definition) is 2. The molecule has 4 nitrogen and oxygen atoms in total. The van der Waals surface area contributed by atoms with Crippen LogP contribution in [0, 0.1) is 0 Å². The highest BCUT2D eigenvalue weighted by molar-refractivity contribution is 14.0. The van der Waals surface area contributed by atoms with E-state index < -0.39 is 0 Å². The lowest BCUT2D eigenvalue weighted by atomic mass is 9.93. The molecule has 2 rings (SSSR count). The predicted octanol–water partition coefficient (Wildman–Crippen LogP) is 2.75. The van der Waals surface area contributed by atoms with Crippen molar-refractivity contribution in [3.8, 4) is 0 Å². The molecule has 1 saturated heterocycles. The molecular weight excluding hydrogens is 365 g/mol. The van der Waals surface area contributed by atoms with E-state index in [9.17, 15) is 5.11 Å². The molecule has 118 valence electrons. The van der Waals surface area contributed by atoms with Gasteiger partial charge in [-0.25, -0.2) is 0 Å². The van der Waals surface area contributed by atoms with Gasteiger partial charge in [-0.05, 0) is 59.3 Å². The molecular formula is C15H30IN3O. The lowest BCUT2D eigenvalue weighted by molar-refractivity contribution is 0.119. The van der Waals surface area contributed by atoms with Crippen molar-refractivity contribution in [1.82, 2.24) is 10.2 Å². The molecule has 1 aliphatic carbocycles. The molecule has 0 aromatic rings. The highest BCUT2D eigenvalue weighted by atomic mass is 127. The SMILES string of the molecule is CCN=C(NC1CCC(O)CC1)N1CCCC1(C)C.I. The molecule has 1 saturated carbocycles. The lowest BCUT2D eigenvalue weighted by Gasteiger charge is -2.37. The Hall–Kier alpha value is -0.0400. The summed E-state index contributed by atoms with van der Waals surface area (Å²) < 4.78 is 0. The van der Waals surface area contributed by atoms with E-state index in [1.807, 2.05) is 0 Å². The first kappa shape index (κ1) is 18.0. The molecule has 0 atom stereocenters. The van der Waals surface area contributed by atoms with Crippen LogP contribution in [0.2, 0.25) is 0 Å². The van der Waals surface area contributed by atoms with Crippen LogP contribution in [-0.2, 0) is 0 Å². The molecule has 1 heterocycles. The number of aliphatic hydroxyl groups is 1. The van der Waals surface area contributed by atoms with E-state index in [2.05, 4.69) is 36.0 Å². The van der Waals surface area contributed by atoms with Crippen LogP contribution < -0.4 is 5.32 Å². The minimum Gasteiger partial charge on any atom is -0.393 e. The van der Waals surface area contributed by atoms with E-state index >= 15 is 0 Å². The maximum absolute atomic E-state index is 9.59. The minimum atomic E-state index is -0.0900. The van der Waals surface area contributed by atoms with Crippen molar-refractivity contribution in [2.24, 2.45) is 4.99 Å². The van der Waals surface area contributed by atoms with Gasteiger partial charge < -0.3 is 15.3 Å². The highest BCUT2D eigenvalue weighted by Crippen LogP contribution is 2.28. The van der Waals surface area contributed by atoms with E-state index in [0.717, 1.165) is 44.7 Å². The molecule has 2 aliphatic rings. The van der Waals surface area contributed by atoms with Crippen molar-refractivity contribution in [3.05, 3.63) is 0 Å². The number of hydrogen-bond donors (Lipinski definition) is 2. The Bertz CT molecular complexity index is 325. The van der Waals surface area contributed by atoms with Crippen LogP contribution in [0.3, 0.4) is 0 Å². The van der Waals surface area contributed by atoms with Gasteiger partial charge in [0.15, 0.2) is 5.96 Å². The third-order valence-corrected chi connectivity index (χ3v) is 4.49. The average Bonchev–Trinajstić information content (AvgIpc) is 2.71. The van der Waals surface area contributed by atoms with Crippen LogP contribution in [0.1, 0.15) is 59.3 Å². The number of rotatable bonds is 2. The molecule has 0 bridgehead atoms. The van der Waals surface area contributed by atoms with E-state index in [0.29, 0.717) is 6.04 Å². The second kappa shape index (κ2) is 7.82. The Labute approximate surface area is 140 Å². The van der Waals surface area contributed by atoms with Crippen molar-refractivity contribution in [2.45, 2.75) is 77.0 Å². The summed E-state index contributed by atoms with van der Waals surface area (Å²) in [5.41, 5.74) is 0.217. The first-order valence-electron chi connectivity index (χ1n) is 7.79. The zero-order valence-electron chi connectivity index (χ0n) is 13.1. The third kappa shape index (κ3) is 4.48. The molecule has 0 radical (unpaired) electrons. The summed E-state index contributed by atoms with van der Waals surface area (Å²) in [6.07, 6.45) is 6.34. The normalized spacial score (nSPS) is 30.0. The van der Waals surface area contributed by atoms with Crippen LogP contribution in [0.15, 0.2) is 4.99 Å². The minimum absolute atomic E-state index is 0. The van der Waals surface area contributed by atoms with Crippen molar-refractivity contribution in [1.29, 1.82) is 0 Å². The fourth-order valence-electron chi connectivity index (χ4n) is 3.26. The summed E-state index contributed by atoms with van der Waals surface area (Å²) >= 11 is 0. The maximum Gasteiger partial charge on any atom is 0.194 e. The summed E-state index contributed by atoms with van der Waals surface area (Å²) in [6.45, 7) is 8.63. The predicted molar refractivity (Wildman–Crippen MR) is 94.8 cm³/mol. The van der Waals surface area contributed by atoms with E-state index in [1.165, 1.54) is 12.8 Å². The van der Waals surface area contributed by atoms with Gasteiger partial charge in [-0.15, -0.1) is 24.0 Å². The molecule has 0 spiro atoms. The van der Waals surface area contributed by atoms with Crippen LogP contribution in [0.25, 0.3) is 0 Å². The van der Waals surface area contributed by atoms with Gasteiger partial charge in [-0.1, -0.05) is 0 Å². The number of nitrogens with zero attached hydrogens (tertiary/aromatic N) is 2. The average molecular weight is 395 g/mol. The Morgan fingerprint density at radius 2 is 1.95 bits per heavy atom. The van der Waals surface area contributed by atoms with Crippen LogP contribution in [-0.4, -0.2) is 46.7 Å². The number of aliphatic imine (C=N–C) groups is 1. The van der Waals surface area contributed by atoms with Crippen molar-refractivity contribution in [3.63, 3.8) is 0 Å². The second-order valence-corrected chi connectivity index (χ2v) is 6.52. The molecule has 5 heteroatoms. The zero-order chi connectivity index (χ0) is 13.9. The second-order valence-electron chi connectivity index (χ2n) is 6.52. The summed E-state index contributed by atoms with van der Waals surface area (Å²) in [5, 5.41) is 13.2. The number of guanidine groups is 1. The summed E-state index contributed by atoms with van der Waals surface area (Å²) in [4.78, 5) is 7.12. The number of halogens is 1. The van der Waals surface area contributed by atoms with Crippen LogP contribution in [0.5, 0.6) is 0 Å². The topological polar surface area (TPSA) is 47.9 Å².